The molecule has 1 aromatic carbocycles. The largest absolute Gasteiger partial charge is 0.395 e. The molecular formula is C14H23N3O2. The summed E-state index contributed by atoms with van der Waals surface area (Å²) in [7, 11) is 0. The first-order chi connectivity index (χ1) is 9.24. The Bertz CT molecular complexity index is 400. The fourth-order valence-corrected chi connectivity index (χ4v) is 2.44. The second-order valence-corrected chi connectivity index (χ2v) is 5.04. The fraction of sp³-hybridized carbons (Fsp3) is 0.571. The van der Waals surface area contributed by atoms with Gasteiger partial charge < -0.3 is 26.6 Å². The van der Waals surface area contributed by atoms with Gasteiger partial charge in [-0.15, -0.1) is 0 Å². The van der Waals surface area contributed by atoms with Crippen molar-refractivity contribution >= 4 is 5.69 Å². The third kappa shape index (κ3) is 3.67. The van der Waals surface area contributed by atoms with Crippen molar-refractivity contribution in [2.45, 2.75) is 31.0 Å². The highest BCUT2D eigenvalue weighted by Crippen LogP contribution is 2.24. The Morgan fingerprint density at radius 3 is 2.95 bits per heavy atom. The van der Waals surface area contributed by atoms with Crippen molar-refractivity contribution in [3.05, 3.63) is 29.8 Å². The highest BCUT2D eigenvalue weighted by Gasteiger charge is 2.26. The van der Waals surface area contributed by atoms with Crippen LogP contribution in [0.25, 0.3) is 0 Å². The van der Waals surface area contributed by atoms with E-state index >= 15 is 0 Å². The van der Waals surface area contributed by atoms with Crippen LogP contribution in [-0.2, 0) is 6.42 Å². The highest BCUT2D eigenvalue weighted by molar-refractivity contribution is 5.54. The SMILES string of the molecule is NCC[C@@H](CO)NCC1Nc2ccccc2CC1O. The number of aliphatic hydroxyl groups excluding tert-OH is 2. The monoisotopic (exact) mass is 265 g/mol. The smallest absolute Gasteiger partial charge is 0.0794 e. The molecule has 1 aliphatic rings. The van der Waals surface area contributed by atoms with Crippen LogP contribution in [0, 0.1) is 0 Å². The zero-order chi connectivity index (χ0) is 13.7. The maximum atomic E-state index is 10.1. The van der Waals surface area contributed by atoms with Crippen molar-refractivity contribution in [3.63, 3.8) is 0 Å². The summed E-state index contributed by atoms with van der Waals surface area (Å²) in [6, 6.07) is 7.98. The van der Waals surface area contributed by atoms with Crippen LogP contribution in [-0.4, -0.2) is 48.1 Å². The molecule has 0 saturated heterocycles. The molecule has 0 amide bonds. The molecule has 1 aromatic rings. The van der Waals surface area contributed by atoms with Gasteiger partial charge in [-0.2, -0.15) is 0 Å². The number of benzene rings is 1. The summed E-state index contributed by atoms with van der Waals surface area (Å²) in [4.78, 5) is 0. The lowest BCUT2D eigenvalue weighted by Gasteiger charge is -2.32. The first-order valence-electron chi connectivity index (χ1n) is 6.81. The molecule has 2 unspecified atom stereocenters. The number of hydrogen-bond acceptors (Lipinski definition) is 5. The second kappa shape index (κ2) is 6.86. The van der Waals surface area contributed by atoms with Gasteiger partial charge in [-0.05, 0) is 24.6 Å². The van der Waals surface area contributed by atoms with E-state index in [-0.39, 0.29) is 18.7 Å². The number of anilines is 1. The molecule has 5 heteroatoms. The first-order valence-corrected chi connectivity index (χ1v) is 6.81. The van der Waals surface area contributed by atoms with Crippen LogP contribution in [0.2, 0.25) is 0 Å². The molecule has 0 radical (unpaired) electrons. The Hall–Kier alpha value is -1.14. The quantitative estimate of drug-likeness (QED) is 0.486. The molecule has 5 nitrogen and oxygen atoms in total. The number of aliphatic hydroxyl groups is 2. The van der Waals surface area contributed by atoms with Gasteiger partial charge in [-0.3, -0.25) is 0 Å². The van der Waals surface area contributed by atoms with Crippen LogP contribution in [0.1, 0.15) is 12.0 Å². The lowest BCUT2D eigenvalue weighted by atomic mass is 9.95. The van der Waals surface area contributed by atoms with E-state index < -0.39 is 6.10 Å². The first kappa shape index (κ1) is 14.3. The van der Waals surface area contributed by atoms with E-state index in [9.17, 15) is 10.2 Å². The van der Waals surface area contributed by atoms with Gasteiger partial charge in [0.2, 0.25) is 0 Å². The molecule has 0 fully saturated rings. The van der Waals surface area contributed by atoms with Crippen LogP contribution in [0.4, 0.5) is 5.69 Å². The molecule has 1 heterocycles. The molecule has 1 aliphatic heterocycles. The minimum absolute atomic E-state index is 0.00355. The minimum Gasteiger partial charge on any atom is -0.395 e. The summed E-state index contributed by atoms with van der Waals surface area (Å²) >= 11 is 0. The van der Waals surface area contributed by atoms with E-state index in [2.05, 4.69) is 10.6 Å². The van der Waals surface area contributed by atoms with Gasteiger partial charge >= 0.3 is 0 Å². The van der Waals surface area contributed by atoms with Crippen LogP contribution >= 0.6 is 0 Å². The predicted molar refractivity (Wildman–Crippen MR) is 76.1 cm³/mol. The molecule has 3 atom stereocenters. The number of nitrogens with two attached hydrogens (primary N) is 1. The Balaban J connectivity index is 1.91. The normalized spacial score (nSPS) is 23.5. The van der Waals surface area contributed by atoms with Gasteiger partial charge in [0.1, 0.15) is 0 Å². The van der Waals surface area contributed by atoms with E-state index in [1.54, 1.807) is 0 Å². The van der Waals surface area contributed by atoms with Crippen LogP contribution in [0.5, 0.6) is 0 Å². The lowest BCUT2D eigenvalue weighted by molar-refractivity contribution is 0.141. The number of rotatable bonds is 6. The van der Waals surface area contributed by atoms with Crippen LogP contribution in [0.3, 0.4) is 0 Å². The molecule has 0 bridgehead atoms. The van der Waals surface area contributed by atoms with Crippen LogP contribution in [0.15, 0.2) is 24.3 Å². The van der Waals surface area contributed by atoms with E-state index in [4.69, 9.17) is 5.73 Å². The predicted octanol–water partition coefficient (Wildman–Crippen LogP) is -0.317. The fourth-order valence-electron chi connectivity index (χ4n) is 2.44. The maximum Gasteiger partial charge on any atom is 0.0794 e. The second-order valence-electron chi connectivity index (χ2n) is 5.04. The van der Waals surface area contributed by atoms with E-state index in [1.165, 1.54) is 0 Å². The van der Waals surface area contributed by atoms with Crippen molar-refractivity contribution in [2.24, 2.45) is 5.73 Å². The Kier molecular flexibility index (Phi) is 5.15. The minimum atomic E-state index is -0.417. The van der Waals surface area contributed by atoms with Crippen molar-refractivity contribution < 1.29 is 10.2 Å². The lowest BCUT2D eigenvalue weighted by Crippen LogP contribution is -2.49. The molecule has 19 heavy (non-hydrogen) atoms. The highest BCUT2D eigenvalue weighted by atomic mass is 16.3. The number of nitrogens with one attached hydrogen (secondary N) is 2. The summed E-state index contributed by atoms with van der Waals surface area (Å²) in [6.45, 7) is 1.22. The van der Waals surface area contributed by atoms with Crippen molar-refractivity contribution in [1.82, 2.24) is 5.32 Å². The molecule has 0 aromatic heterocycles. The van der Waals surface area contributed by atoms with Gasteiger partial charge in [0, 0.05) is 24.7 Å². The summed E-state index contributed by atoms with van der Waals surface area (Å²) in [6.07, 6.45) is 0.978. The zero-order valence-electron chi connectivity index (χ0n) is 11.0. The summed E-state index contributed by atoms with van der Waals surface area (Å²) in [5, 5.41) is 25.9. The zero-order valence-corrected chi connectivity index (χ0v) is 11.0. The Morgan fingerprint density at radius 2 is 2.21 bits per heavy atom. The number of hydrogen-bond donors (Lipinski definition) is 5. The van der Waals surface area contributed by atoms with Gasteiger partial charge in [-0.1, -0.05) is 18.2 Å². The summed E-state index contributed by atoms with van der Waals surface area (Å²) < 4.78 is 0. The van der Waals surface area contributed by atoms with Gasteiger partial charge in [0.15, 0.2) is 0 Å². The molecule has 0 saturated carbocycles. The van der Waals surface area contributed by atoms with E-state index in [1.807, 2.05) is 24.3 Å². The van der Waals surface area contributed by atoms with Crippen molar-refractivity contribution in [3.8, 4) is 0 Å². The van der Waals surface area contributed by atoms with Crippen LogP contribution < -0.4 is 16.4 Å². The average molecular weight is 265 g/mol. The summed E-state index contributed by atoms with van der Waals surface area (Å²) in [5.41, 5.74) is 7.72. The maximum absolute atomic E-state index is 10.1. The molecule has 106 valence electrons. The Labute approximate surface area is 113 Å². The molecular weight excluding hydrogens is 242 g/mol. The third-order valence-electron chi connectivity index (χ3n) is 3.61. The number of para-hydroxylation sites is 1. The average Bonchev–Trinajstić information content (AvgIpc) is 2.43. The Morgan fingerprint density at radius 1 is 1.42 bits per heavy atom. The summed E-state index contributed by atoms with van der Waals surface area (Å²) in [5.74, 6) is 0. The van der Waals surface area contributed by atoms with Crippen molar-refractivity contribution in [1.29, 1.82) is 0 Å². The standard InChI is InChI=1S/C14H23N3O2/c15-6-5-11(9-18)16-8-13-14(19)7-10-3-1-2-4-12(10)17-13/h1-4,11,13-14,16-19H,5-9,15H2/t11-,13?,14?/m0/s1. The van der Waals surface area contributed by atoms with E-state index in [0.29, 0.717) is 19.5 Å². The van der Waals surface area contributed by atoms with E-state index in [0.717, 1.165) is 17.7 Å². The topological polar surface area (TPSA) is 90.5 Å². The molecule has 2 rings (SSSR count). The molecule has 0 aliphatic carbocycles. The molecule has 0 spiro atoms. The number of fused-ring (bicyclic) bond motifs is 1. The van der Waals surface area contributed by atoms with Gasteiger partial charge in [0.05, 0.1) is 18.8 Å². The van der Waals surface area contributed by atoms with Crippen molar-refractivity contribution in [2.75, 3.05) is 25.0 Å². The molecule has 6 N–H and O–H groups in total. The van der Waals surface area contributed by atoms with Gasteiger partial charge in [-0.25, -0.2) is 0 Å². The third-order valence-corrected chi connectivity index (χ3v) is 3.61. The van der Waals surface area contributed by atoms with Gasteiger partial charge in [0.25, 0.3) is 0 Å².